The van der Waals surface area contributed by atoms with Gasteiger partial charge in [0.15, 0.2) is 0 Å². The maximum Gasteiger partial charge on any atom is 0.0940 e. The fraction of sp³-hybridized carbons (Fsp3) is 0.727. The number of aryl methyl sites for hydroxylation is 1. The van der Waals surface area contributed by atoms with Crippen LogP contribution in [0.2, 0.25) is 0 Å². The minimum absolute atomic E-state index is 0.836. The number of nitrogens with one attached hydrogen (secondary N) is 2. The van der Waals surface area contributed by atoms with Crippen LogP contribution in [0.15, 0.2) is 5.38 Å². The molecular weight excluding hydrogens is 206 g/mol. The normalized spacial score (nSPS) is 21.0. The number of aromatic nitrogens is 1. The van der Waals surface area contributed by atoms with Gasteiger partial charge in [-0.3, -0.25) is 0 Å². The molecule has 0 saturated carbocycles. The molecule has 0 bridgehead atoms. The Morgan fingerprint density at radius 1 is 1.67 bits per heavy atom. The van der Waals surface area contributed by atoms with Gasteiger partial charge in [0.1, 0.15) is 0 Å². The van der Waals surface area contributed by atoms with Crippen LogP contribution in [0.4, 0.5) is 0 Å². The Balaban J connectivity index is 1.58. The maximum atomic E-state index is 4.45. The number of hydrogen-bond acceptors (Lipinski definition) is 4. The molecular formula is C11H19N3S. The van der Waals surface area contributed by atoms with Gasteiger partial charge in [0.2, 0.25) is 0 Å². The van der Waals surface area contributed by atoms with Crippen LogP contribution in [0, 0.1) is 12.8 Å². The van der Waals surface area contributed by atoms with E-state index in [9.17, 15) is 0 Å². The predicted octanol–water partition coefficient (Wildman–Crippen LogP) is 1.19. The minimum Gasteiger partial charge on any atom is -0.316 e. The molecule has 4 heteroatoms. The summed E-state index contributed by atoms with van der Waals surface area (Å²) in [7, 11) is 0. The first kappa shape index (κ1) is 11.0. The van der Waals surface area contributed by atoms with E-state index in [1.165, 1.54) is 24.5 Å². The van der Waals surface area contributed by atoms with E-state index in [0.29, 0.717) is 0 Å². The van der Waals surface area contributed by atoms with Crippen LogP contribution >= 0.6 is 11.3 Å². The molecule has 2 rings (SSSR count). The van der Waals surface area contributed by atoms with Crippen LogP contribution in [-0.2, 0) is 6.42 Å². The van der Waals surface area contributed by atoms with Crippen molar-refractivity contribution in [3.8, 4) is 0 Å². The third kappa shape index (κ3) is 3.55. The maximum absolute atomic E-state index is 4.45. The highest BCUT2D eigenvalue weighted by atomic mass is 32.1. The van der Waals surface area contributed by atoms with Crippen molar-refractivity contribution in [3.63, 3.8) is 0 Å². The molecule has 1 atom stereocenters. The lowest BCUT2D eigenvalue weighted by Crippen LogP contribution is -2.26. The molecule has 0 radical (unpaired) electrons. The van der Waals surface area contributed by atoms with E-state index in [2.05, 4.69) is 27.9 Å². The highest BCUT2D eigenvalue weighted by molar-refractivity contribution is 7.09. The van der Waals surface area contributed by atoms with Crippen LogP contribution in [0.25, 0.3) is 0 Å². The Morgan fingerprint density at radius 2 is 2.60 bits per heavy atom. The van der Waals surface area contributed by atoms with E-state index < -0.39 is 0 Å². The van der Waals surface area contributed by atoms with E-state index >= 15 is 0 Å². The first-order valence-corrected chi connectivity index (χ1v) is 6.55. The number of thiazole rings is 1. The Kier molecular flexibility index (Phi) is 4.11. The lowest BCUT2D eigenvalue weighted by atomic mass is 10.1. The van der Waals surface area contributed by atoms with E-state index in [0.717, 1.165) is 31.1 Å². The van der Waals surface area contributed by atoms with Gasteiger partial charge in [0, 0.05) is 24.0 Å². The van der Waals surface area contributed by atoms with Crippen molar-refractivity contribution in [2.75, 3.05) is 26.2 Å². The molecule has 0 amide bonds. The Labute approximate surface area is 95.3 Å². The van der Waals surface area contributed by atoms with Crippen molar-refractivity contribution >= 4 is 11.3 Å². The second kappa shape index (κ2) is 5.58. The summed E-state index contributed by atoms with van der Waals surface area (Å²) in [5.41, 5.74) is 1.15. The van der Waals surface area contributed by atoms with E-state index in [-0.39, 0.29) is 0 Å². The van der Waals surface area contributed by atoms with Crippen molar-refractivity contribution in [2.24, 2.45) is 5.92 Å². The van der Waals surface area contributed by atoms with Crippen molar-refractivity contribution in [3.05, 3.63) is 16.1 Å². The summed E-state index contributed by atoms with van der Waals surface area (Å²) in [5, 5.41) is 10.3. The monoisotopic (exact) mass is 225 g/mol. The van der Waals surface area contributed by atoms with Gasteiger partial charge in [-0.15, -0.1) is 11.3 Å². The second-order valence-corrected chi connectivity index (χ2v) is 5.14. The molecule has 0 aromatic carbocycles. The lowest BCUT2D eigenvalue weighted by Gasteiger charge is -2.08. The van der Waals surface area contributed by atoms with Gasteiger partial charge in [0.25, 0.3) is 0 Å². The molecule has 84 valence electrons. The third-order valence-corrected chi connectivity index (χ3v) is 3.80. The molecule has 1 fully saturated rings. The summed E-state index contributed by atoms with van der Waals surface area (Å²) in [4.78, 5) is 4.45. The van der Waals surface area contributed by atoms with Crippen LogP contribution < -0.4 is 10.6 Å². The molecule has 0 spiro atoms. The van der Waals surface area contributed by atoms with Crippen LogP contribution in [0.3, 0.4) is 0 Å². The SMILES string of the molecule is Cc1csc(CCNCC2CCNC2)n1. The Bertz CT molecular complexity index is 292. The number of rotatable bonds is 5. The Hall–Kier alpha value is -0.450. The average molecular weight is 225 g/mol. The topological polar surface area (TPSA) is 37.0 Å². The van der Waals surface area contributed by atoms with Crippen LogP contribution in [0.1, 0.15) is 17.1 Å². The molecule has 1 aliphatic heterocycles. The summed E-state index contributed by atoms with van der Waals surface area (Å²) in [6.45, 7) is 6.64. The summed E-state index contributed by atoms with van der Waals surface area (Å²) in [6.07, 6.45) is 2.39. The van der Waals surface area contributed by atoms with Gasteiger partial charge in [0.05, 0.1) is 5.01 Å². The van der Waals surface area contributed by atoms with Gasteiger partial charge >= 0.3 is 0 Å². The first-order valence-electron chi connectivity index (χ1n) is 5.67. The molecule has 15 heavy (non-hydrogen) atoms. The summed E-state index contributed by atoms with van der Waals surface area (Å²) in [5.74, 6) is 0.836. The molecule has 1 saturated heterocycles. The zero-order chi connectivity index (χ0) is 10.5. The smallest absolute Gasteiger partial charge is 0.0940 e. The summed E-state index contributed by atoms with van der Waals surface area (Å²) < 4.78 is 0. The van der Waals surface area contributed by atoms with Gasteiger partial charge in [-0.05, 0) is 38.9 Å². The van der Waals surface area contributed by atoms with Crippen molar-refractivity contribution in [1.82, 2.24) is 15.6 Å². The zero-order valence-electron chi connectivity index (χ0n) is 9.25. The van der Waals surface area contributed by atoms with Gasteiger partial charge < -0.3 is 10.6 Å². The van der Waals surface area contributed by atoms with Crippen molar-refractivity contribution in [2.45, 2.75) is 19.8 Å². The highest BCUT2D eigenvalue weighted by Crippen LogP contribution is 2.09. The van der Waals surface area contributed by atoms with Crippen LogP contribution in [-0.4, -0.2) is 31.2 Å². The fourth-order valence-electron chi connectivity index (χ4n) is 1.91. The molecule has 1 unspecified atom stereocenters. The Morgan fingerprint density at radius 3 is 3.27 bits per heavy atom. The van der Waals surface area contributed by atoms with E-state index in [4.69, 9.17) is 0 Å². The standard InChI is InChI=1S/C11H19N3S/c1-9-8-15-11(14-9)3-5-13-7-10-2-4-12-6-10/h8,10,12-13H,2-7H2,1H3. The molecule has 1 aromatic heterocycles. The van der Waals surface area contributed by atoms with Crippen molar-refractivity contribution in [1.29, 1.82) is 0 Å². The first-order chi connectivity index (χ1) is 7.34. The molecule has 1 aromatic rings. The molecule has 3 nitrogen and oxygen atoms in total. The van der Waals surface area contributed by atoms with Crippen molar-refractivity contribution < 1.29 is 0 Å². The quantitative estimate of drug-likeness (QED) is 0.739. The zero-order valence-corrected chi connectivity index (χ0v) is 10.1. The molecule has 0 aliphatic carbocycles. The second-order valence-electron chi connectivity index (χ2n) is 4.20. The fourth-order valence-corrected chi connectivity index (χ4v) is 2.68. The molecule has 1 aliphatic rings. The van der Waals surface area contributed by atoms with Gasteiger partial charge in [-0.1, -0.05) is 0 Å². The molecule has 2 N–H and O–H groups in total. The molecule has 2 heterocycles. The summed E-state index contributed by atoms with van der Waals surface area (Å²) in [6, 6.07) is 0. The summed E-state index contributed by atoms with van der Waals surface area (Å²) >= 11 is 1.77. The van der Waals surface area contributed by atoms with Crippen LogP contribution in [0.5, 0.6) is 0 Å². The third-order valence-electron chi connectivity index (χ3n) is 2.78. The van der Waals surface area contributed by atoms with Gasteiger partial charge in [-0.2, -0.15) is 0 Å². The number of hydrogen-bond donors (Lipinski definition) is 2. The highest BCUT2D eigenvalue weighted by Gasteiger charge is 2.13. The minimum atomic E-state index is 0.836. The predicted molar refractivity (Wildman–Crippen MR) is 64.4 cm³/mol. The van der Waals surface area contributed by atoms with E-state index in [1.807, 2.05) is 0 Å². The van der Waals surface area contributed by atoms with E-state index in [1.54, 1.807) is 11.3 Å². The average Bonchev–Trinajstić information content (AvgIpc) is 2.84. The largest absolute Gasteiger partial charge is 0.316 e. The lowest BCUT2D eigenvalue weighted by molar-refractivity contribution is 0.515. The van der Waals surface area contributed by atoms with Gasteiger partial charge in [-0.25, -0.2) is 4.98 Å². The number of nitrogens with zero attached hydrogens (tertiary/aromatic N) is 1.